The fourth-order valence-corrected chi connectivity index (χ4v) is 3.93. The van der Waals surface area contributed by atoms with Crippen molar-refractivity contribution in [3.05, 3.63) is 71.9 Å². The number of anilines is 1. The van der Waals surface area contributed by atoms with E-state index in [4.69, 9.17) is 0 Å². The molecule has 3 rings (SSSR count). The summed E-state index contributed by atoms with van der Waals surface area (Å²) in [6, 6.07) is 16.9. The fraction of sp³-hybridized carbons (Fsp3) is 0.238. The van der Waals surface area contributed by atoms with Crippen molar-refractivity contribution >= 4 is 32.5 Å². The van der Waals surface area contributed by atoms with Crippen molar-refractivity contribution in [2.45, 2.75) is 13.3 Å². The van der Waals surface area contributed by atoms with Crippen molar-refractivity contribution < 1.29 is 13.2 Å². The fourth-order valence-electron chi connectivity index (χ4n) is 3.00. The first-order valence-electron chi connectivity index (χ1n) is 8.98. The van der Waals surface area contributed by atoms with E-state index < -0.39 is 10.0 Å². The van der Waals surface area contributed by atoms with Gasteiger partial charge in [0.25, 0.3) is 0 Å². The second-order valence-corrected chi connectivity index (χ2v) is 8.61. The molecular weight excluding hydrogens is 374 g/mol. The molecule has 0 aliphatic heterocycles. The number of aryl methyl sites for hydroxylation is 1. The van der Waals surface area contributed by atoms with Gasteiger partial charge in [0, 0.05) is 18.1 Å². The van der Waals surface area contributed by atoms with Crippen molar-refractivity contribution in [1.82, 2.24) is 10.3 Å². The Bertz CT molecular complexity index is 1070. The summed E-state index contributed by atoms with van der Waals surface area (Å²) in [4.78, 5) is 16.5. The lowest BCUT2D eigenvalue weighted by molar-refractivity contribution is -0.120. The number of pyridine rings is 1. The number of sulfonamides is 1. The van der Waals surface area contributed by atoms with Gasteiger partial charge in [0.2, 0.25) is 15.9 Å². The molecule has 0 aliphatic rings. The van der Waals surface area contributed by atoms with E-state index in [1.807, 2.05) is 49.4 Å². The van der Waals surface area contributed by atoms with Crippen LogP contribution in [-0.2, 0) is 21.2 Å². The van der Waals surface area contributed by atoms with Crippen LogP contribution in [0.3, 0.4) is 0 Å². The standard InChI is InChI=1S/C21H23N3O3S/c1-16-8-10-17(11-9-16)15-20(25)22-13-14-24(28(2,26)27)19-7-3-5-18-6-4-12-23-21(18)19/h3-12H,13-15H2,1-2H3,(H,22,25). The van der Waals surface area contributed by atoms with E-state index in [1.54, 1.807) is 18.3 Å². The van der Waals surface area contributed by atoms with Crippen LogP contribution in [0.15, 0.2) is 60.8 Å². The Morgan fingerprint density at radius 2 is 1.79 bits per heavy atom. The third-order valence-corrected chi connectivity index (χ3v) is 5.58. The normalized spacial score (nSPS) is 11.4. The molecule has 0 saturated heterocycles. The molecule has 0 spiro atoms. The SMILES string of the molecule is Cc1ccc(CC(=O)NCCN(c2cccc3cccnc23)S(C)(=O)=O)cc1. The number of rotatable bonds is 7. The van der Waals surface area contributed by atoms with Crippen molar-refractivity contribution in [2.75, 3.05) is 23.7 Å². The lowest BCUT2D eigenvalue weighted by Gasteiger charge is -2.23. The number of carbonyl (C=O) groups is 1. The highest BCUT2D eigenvalue weighted by Crippen LogP contribution is 2.26. The molecular formula is C21H23N3O3S. The van der Waals surface area contributed by atoms with E-state index in [0.29, 0.717) is 11.2 Å². The molecule has 3 aromatic rings. The van der Waals surface area contributed by atoms with Crippen LogP contribution in [0, 0.1) is 6.92 Å². The quantitative estimate of drug-likeness (QED) is 0.665. The number of hydrogen-bond donors (Lipinski definition) is 1. The van der Waals surface area contributed by atoms with Gasteiger partial charge in [-0.1, -0.05) is 48.0 Å². The molecule has 7 heteroatoms. The van der Waals surface area contributed by atoms with Crippen molar-refractivity contribution in [2.24, 2.45) is 0 Å². The van der Waals surface area contributed by atoms with Crippen LogP contribution < -0.4 is 9.62 Å². The number of aromatic nitrogens is 1. The number of amides is 1. The Morgan fingerprint density at radius 3 is 2.50 bits per heavy atom. The van der Waals surface area contributed by atoms with Gasteiger partial charge in [0.1, 0.15) is 0 Å². The summed E-state index contributed by atoms with van der Waals surface area (Å²) in [5, 5.41) is 3.66. The number of para-hydroxylation sites is 1. The molecule has 1 aromatic heterocycles. The summed E-state index contributed by atoms with van der Waals surface area (Å²) in [5.74, 6) is -0.145. The lowest BCUT2D eigenvalue weighted by atomic mass is 10.1. The maximum atomic E-state index is 12.4. The first-order chi connectivity index (χ1) is 13.3. The predicted octanol–water partition coefficient (Wildman–Crippen LogP) is 2.67. The second kappa shape index (κ2) is 8.39. The Balaban J connectivity index is 1.70. The van der Waals surface area contributed by atoms with Gasteiger partial charge in [-0.2, -0.15) is 0 Å². The first-order valence-corrected chi connectivity index (χ1v) is 10.8. The number of fused-ring (bicyclic) bond motifs is 1. The van der Waals surface area contributed by atoms with Crippen LogP contribution in [0.5, 0.6) is 0 Å². The van der Waals surface area contributed by atoms with E-state index in [-0.39, 0.29) is 25.4 Å². The van der Waals surface area contributed by atoms with Gasteiger partial charge in [-0.3, -0.25) is 14.1 Å². The van der Waals surface area contributed by atoms with Crippen molar-refractivity contribution in [1.29, 1.82) is 0 Å². The van der Waals surface area contributed by atoms with Gasteiger partial charge < -0.3 is 5.32 Å². The summed E-state index contributed by atoms with van der Waals surface area (Å²) in [7, 11) is -3.53. The molecule has 0 radical (unpaired) electrons. The van der Waals surface area contributed by atoms with E-state index in [1.165, 1.54) is 4.31 Å². The van der Waals surface area contributed by atoms with Crippen LogP contribution >= 0.6 is 0 Å². The van der Waals surface area contributed by atoms with Gasteiger partial charge >= 0.3 is 0 Å². The largest absolute Gasteiger partial charge is 0.354 e. The van der Waals surface area contributed by atoms with Crippen LogP contribution in [0.25, 0.3) is 10.9 Å². The molecule has 1 N–H and O–H groups in total. The highest BCUT2D eigenvalue weighted by Gasteiger charge is 2.20. The number of hydrogen-bond acceptors (Lipinski definition) is 4. The van der Waals surface area contributed by atoms with Gasteiger partial charge in [0.05, 0.1) is 30.4 Å². The minimum Gasteiger partial charge on any atom is -0.354 e. The first kappa shape index (κ1) is 19.8. The zero-order valence-corrected chi connectivity index (χ0v) is 16.7. The number of carbonyl (C=O) groups excluding carboxylic acids is 1. The molecule has 0 bridgehead atoms. The molecule has 28 heavy (non-hydrogen) atoms. The smallest absolute Gasteiger partial charge is 0.232 e. The van der Waals surface area contributed by atoms with Crippen molar-refractivity contribution in [3.63, 3.8) is 0 Å². The minimum atomic E-state index is -3.53. The Kier molecular flexibility index (Phi) is 5.94. The molecule has 0 saturated carbocycles. The lowest BCUT2D eigenvalue weighted by Crippen LogP contribution is -2.38. The molecule has 0 fully saturated rings. The summed E-state index contributed by atoms with van der Waals surface area (Å²) in [6.45, 7) is 2.33. The minimum absolute atomic E-state index is 0.133. The second-order valence-electron chi connectivity index (χ2n) is 6.70. The van der Waals surface area contributed by atoms with E-state index >= 15 is 0 Å². The summed E-state index contributed by atoms with van der Waals surface area (Å²) >= 11 is 0. The average molecular weight is 398 g/mol. The maximum Gasteiger partial charge on any atom is 0.232 e. The molecule has 1 heterocycles. The van der Waals surface area contributed by atoms with E-state index in [2.05, 4.69) is 10.3 Å². The Hall–Kier alpha value is -2.93. The van der Waals surface area contributed by atoms with E-state index in [9.17, 15) is 13.2 Å². The Labute approximate surface area is 165 Å². The van der Waals surface area contributed by atoms with Crippen molar-refractivity contribution in [3.8, 4) is 0 Å². The highest BCUT2D eigenvalue weighted by molar-refractivity contribution is 7.92. The zero-order chi connectivity index (χ0) is 20.1. The van der Waals surface area contributed by atoms with Crippen LogP contribution in [0.4, 0.5) is 5.69 Å². The van der Waals surface area contributed by atoms with Gasteiger partial charge in [0.15, 0.2) is 0 Å². The molecule has 0 unspecified atom stereocenters. The molecule has 2 aromatic carbocycles. The zero-order valence-electron chi connectivity index (χ0n) is 15.9. The summed E-state index contributed by atoms with van der Waals surface area (Å²) in [5.41, 5.74) is 3.17. The van der Waals surface area contributed by atoms with Crippen LogP contribution in [0.1, 0.15) is 11.1 Å². The van der Waals surface area contributed by atoms with Gasteiger partial charge in [-0.25, -0.2) is 8.42 Å². The number of nitrogens with one attached hydrogen (secondary N) is 1. The Morgan fingerprint density at radius 1 is 1.07 bits per heavy atom. The third-order valence-electron chi connectivity index (χ3n) is 4.40. The monoisotopic (exact) mass is 397 g/mol. The number of benzene rings is 2. The highest BCUT2D eigenvalue weighted by atomic mass is 32.2. The van der Waals surface area contributed by atoms with Crippen LogP contribution in [0.2, 0.25) is 0 Å². The van der Waals surface area contributed by atoms with E-state index in [0.717, 1.165) is 22.8 Å². The predicted molar refractivity (Wildman–Crippen MR) is 112 cm³/mol. The maximum absolute atomic E-state index is 12.4. The average Bonchev–Trinajstić information content (AvgIpc) is 2.66. The molecule has 0 aliphatic carbocycles. The molecule has 6 nitrogen and oxygen atoms in total. The topological polar surface area (TPSA) is 79.4 Å². The van der Waals surface area contributed by atoms with Crippen LogP contribution in [-0.4, -0.2) is 38.7 Å². The molecule has 146 valence electrons. The van der Waals surface area contributed by atoms with Gasteiger partial charge in [-0.05, 0) is 24.6 Å². The third kappa shape index (κ3) is 4.86. The summed E-state index contributed by atoms with van der Waals surface area (Å²) in [6.07, 6.45) is 3.05. The molecule has 1 amide bonds. The number of nitrogens with zero attached hydrogens (tertiary/aromatic N) is 2. The molecule has 0 atom stereocenters. The summed E-state index contributed by atoms with van der Waals surface area (Å²) < 4.78 is 26.0. The van der Waals surface area contributed by atoms with Gasteiger partial charge in [-0.15, -0.1) is 0 Å².